The number of amides is 1. The molecule has 0 unspecified atom stereocenters. The van der Waals surface area contributed by atoms with Crippen LogP contribution in [-0.4, -0.2) is 34.2 Å². The van der Waals surface area contributed by atoms with E-state index in [4.69, 9.17) is 9.47 Å². The van der Waals surface area contributed by atoms with Gasteiger partial charge < -0.3 is 14.8 Å². The van der Waals surface area contributed by atoms with Gasteiger partial charge in [0.25, 0.3) is 0 Å². The molecule has 0 fully saturated rings. The summed E-state index contributed by atoms with van der Waals surface area (Å²) in [5.41, 5.74) is 3.37. The van der Waals surface area contributed by atoms with E-state index in [9.17, 15) is 13.2 Å². The van der Waals surface area contributed by atoms with E-state index >= 15 is 0 Å². The van der Waals surface area contributed by atoms with Gasteiger partial charge in [0.2, 0.25) is 22.7 Å². The average Bonchev–Trinajstić information content (AvgIpc) is 3.36. The quantitative estimate of drug-likeness (QED) is 0.686. The van der Waals surface area contributed by atoms with Crippen molar-refractivity contribution in [3.8, 4) is 11.5 Å². The molecule has 1 aliphatic heterocycles. The highest BCUT2D eigenvalue weighted by molar-refractivity contribution is 7.89. The standard InChI is InChI=1S/C21H24N2O5S/c24-21(22-10-8-15-4-7-19-20(12-15)28-14-27-19)9-11-23-29(25,26)18-6-5-16-2-1-3-17(16)13-18/h4-7,12-13,23H,1-3,8-11,14H2,(H,22,24). The van der Waals surface area contributed by atoms with Crippen LogP contribution in [0.5, 0.6) is 11.5 Å². The van der Waals surface area contributed by atoms with Crippen LogP contribution in [0.1, 0.15) is 29.5 Å². The predicted molar refractivity (Wildman–Crippen MR) is 108 cm³/mol. The minimum Gasteiger partial charge on any atom is -0.454 e. The first-order valence-corrected chi connectivity index (χ1v) is 11.3. The number of benzene rings is 2. The maximum atomic E-state index is 12.4. The Bertz CT molecular complexity index is 1020. The molecule has 0 saturated carbocycles. The molecule has 2 N–H and O–H groups in total. The highest BCUT2D eigenvalue weighted by Crippen LogP contribution is 2.32. The molecule has 29 heavy (non-hydrogen) atoms. The molecule has 4 rings (SSSR count). The number of carbonyl (C=O) groups excluding carboxylic acids is 1. The highest BCUT2D eigenvalue weighted by Gasteiger charge is 2.18. The second kappa shape index (κ2) is 8.42. The summed E-state index contributed by atoms with van der Waals surface area (Å²) in [7, 11) is -3.60. The lowest BCUT2D eigenvalue weighted by molar-refractivity contribution is -0.120. The van der Waals surface area contributed by atoms with Crippen LogP contribution in [-0.2, 0) is 34.1 Å². The Morgan fingerprint density at radius 3 is 2.69 bits per heavy atom. The summed E-state index contributed by atoms with van der Waals surface area (Å²) >= 11 is 0. The summed E-state index contributed by atoms with van der Waals surface area (Å²) in [6.45, 7) is 0.766. The molecule has 1 heterocycles. The van der Waals surface area contributed by atoms with Crippen molar-refractivity contribution in [1.29, 1.82) is 0 Å². The summed E-state index contributed by atoms with van der Waals surface area (Å²) in [4.78, 5) is 12.3. The molecule has 0 spiro atoms. The van der Waals surface area contributed by atoms with Crippen LogP contribution in [0.25, 0.3) is 0 Å². The zero-order chi connectivity index (χ0) is 20.3. The van der Waals surface area contributed by atoms with Crippen molar-refractivity contribution in [2.45, 2.75) is 37.0 Å². The highest BCUT2D eigenvalue weighted by atomic mass is 32.2. The van der Waals surface area contributed by atoms with Crippen molar-refractivity contribution in [2.24, 2.45) is 0 Å². The monoisotopic (exact) mass is 416 g/mol. The Hall–Kier alpha value is -2.58. The smallest absolute Gasteiger partial charge is 0.240 e. The van der Waals surface area contributed by atoms with Crippen molar-refractivity contribution in [2.75, 3.05) is 19.9 Å². The second-order valence-electron chi connectivity index (χ2n) is 7.22. The third kappa shape index (κ3) is 4.71. The van der Waals surface area contributed by atoms with Gasteiger partial charge in [0, 0.05) is 19.5 Å². The average molecular weight is 416 g/mol. The van der Waals surface area contributed by atoms with E-state index in [1.165, 1.54) is 5.56 Å². The number of hydrogen-bond donors (Lipinski definition) is 2. The molecule has 2 aromatic rings. The Morgan fingerprint density at radius 1 is 0.966 bits per heavy atom. The molecular formula is C21H24N2O5S. The first-order chi connectivity index (χ1) is 14.0. The molecule has 154 valence electrons. The predicted octanol–water partition coefficient (Wildman–Crippen LogP) is 1.93. The lowest BCUT2D eigenvalue weighted by Crippen LogP contribution is -2.31. The molecule has 0 atom stereocenters. The molecule has 1 amide bonds. The van der Waals surface area contributed by atoms with E-state index in [-0.39, 0.29) is 30.6 Å². The first-order valence-electron chi connectivity index (χ1n) is 9.78. The van der Waals surface area contributed by atoms with Gasteiger partial charge in [0.05, 0.1) is 4.90 Å². The Balaban J connectivity index is 1.20. The topological polar surface area (TPSA) is 93.7 Å². The zero-order valence-electron chi connectivity index (χ0n) is 16.1. The van der Waals surface area contributed by atoms with Gasteiger partial charge in [-0.2, -0.15) is 0 Å². The molecule has 2 aliphatic rings. The number of fused-ring (bicyclic) bond motifs is 2. The molecule has 0 aromatic heterocycles. The molecule has 1 aliphatic carbocycles. The third-order valence-electron chi connectivity index (χ3n) is 5.20. The van der Waals surface area contributed by atoms with Gasteiger partial charge in [-0.25, -0.2) is 13.1 Å². The van der Waals surface area contributed by atoms with Crippen molar-refractivity contribution in [1.82, 2.24) is 10.0 Å². The largest absolute Gasteiger partial charge is 0.454 e. The van der Waals surface area contributed by atoms with Crippen LogP contribution >= 0.6 is 0 Å². The number of carbonyl (C=O) groups is 1. The number of aryl methyl sites for hydroxylation is 2. The fourth-order valence-corrected chi connectivity index (χ4v) is 4.71. The minimum atomic E-state index is -3.60. The van der Waals surface area contributed by atoms with Crippen molar-refractivity contribution >= 4 is 15.9 Å². The minimum absolute atomic E-state index is 0.0648. The molecule has 0 radical (unpaired) electrons. The molecule has 0 saturated heterocycles. The van der Waals surface area contributed by atoms with Gasteiger partial charge in [-0.05, 0) is 66.6 Å². The SMILES string of the molecule is O=C(CCNS(=O)(=O)c1ccc2c(c1)CCC2)NCCc1ccc2c(c1)OCO2. The van der Waals surface area contributed by atoms with E-state index in [2.05, 4.69) is 10.0 Å². The van der Waals surface area contributed by atoms with E-state index < -0.39 is 10.0 Å². The summed E-state index contributed by atoms with van der Waals surface area (Å²) in [5, 5.41) is 2.81. The first kappa shape index (κ1) is 19.7. The van der Waals surface area contributed by atoms with Crippen LogP contribution in [0, 0.1) is 0 Å². The number of rotatable bonds is 8. The van der Waals surface area contributed by atoms with Gasteiger partial charge in [0.15, 0.2) is 11.5 Å². The van der Waals surface area contributed by atoms with Crippen LogP contribution < -0.4 is 19.5 Å². The van der Waals surface area contributed by atoms with Crippen molar-refractivity contribution in [3.63, 3.8) is 0 Å². The normalized spacial score (nSPS) is 14.6. The lowest BCUT2D eigenvalue weighted by Gasteiger charge is -2.09. The molecular weight excluding hydrogens is 392 g/mol. The van der Waals surface area contributed by atoms with Gasteiger partial charge in [-0.3, -0.25) is 4.79 Å². The van der Waals surface area contributed by atoms with E-state index in [1.54, 1.807) is 12.1 Å². The zero-order valence-corrected chi connectivity index (χ0v) is 16.9. The Kier molecular flexibility index (Phi) is 5.73. The van der Waals surface area contributed by atoms with E-state index in [1.807, 2.05) is 24.3 Å². The van der Waals surface area contributed by atoms with Crippen LogP contribution in [0.4, 0.5) is 0 Å². The van der Waals surface area contributed by atoms with Gasteiger partial charge in [0.1, 0.15) is 0 Å². The Labute approximate surface area is 170 Å². The maximum Gasteiger partial charge on any atom is 0.240 e. The van der Waals surface area contributed by atoms with Crippen LogP contribution in [0.3, 0.4) is 0 Å². The van der Waals surface area contributed by atoms with E-state index in [0.29, 0.717) is 13.0 Å². The second-order valence-corrected chi connectivity index (χ2v) is 8.99. The lowest BCUT2D eigenvalue weighted by atomic mass is 10.1. The van der Waals surface area contributed by atoms with Crippen molar-refractivity contribution in [3.05, 3.63) is 53.1 Å². The number of hydrogen-bond acceptors (Lipinski definition) is 5. The number of sulfonamides is 1. The number of nitrogens with one attached hydrogen (secondary N) is 2. The maximum absolute atomic E-state index is 12.4. The third-order valence-corrected chi connectivity index (χ3v) is 6.66. The summed E-state index contributed by atoms with van der Waals surface area (Å²) in [5.74, 6) is 1.26. The summed E-state index contributed by atoms with van der Waals surface area (Å²) in [6, 6.07) is 11.0. The fourth-order valence-electron chi connectivity index (χ4n) is 3.63. The van der Waals surface area contributed by atoms with Crippen LogP contribution in [0.2, 0.25) is 0 Å². The van der Waals surface area contributed by atoms with Crippen LogP contribution in [0.15, 0.2) is 41.3 Å². The summed E-state index contributed by atoms with van der Waals surface area (Å²) < 4.78 is 38.0. The Morgan fingerprint density at radius 2 is 1.79 bits per heavy atom. The molecule has 2 aromatic carbocycles. The number of ether oxygens (including phenoxy) is 2. The molecule has 7 nitrogen and oxygen atoms in total. The fraction of sp³-hybridized carbons (Fsp3) is 0.381. The summed E-state index contributed by atoms with van der Waals surface area (Å²) in [6.07, 6.45) is 3.74. The molecule has 8 heteroatoms. The van der Waals surface area contributed by atoms with Gasteiger partial charge in [-0.15, -0.1) is 0 Å². The van der Waals surface area contributed by atoms with Gasteiger partial charge >= 0.3 is 0 Å². The van der Waals surface area contributed by atoms with Gasteiger partial charge in [-0.1, -0.05) is 12.1 Å². The van der Waals surface area contributed by atoms with E-state index in [0.717, 1.165) is 41.9 Å². The van der Waals surface area contributed by atoms with Crippen molar-refractivity contribution < 1.29 is 22.7 Å². The molecule has 0 bridgehead atoms.